The second-order valence-corrected chi connectivity index (χ2v) is 13.2. The van der Waals surface area contributed by atoms with Crippen molar-refractivity contribution in [2.45, 2.75) is 123 Å². The summed E-state index contributed by atoms with van der Waals surface area (Å²) in [7, 11) is -4.10. The quantitative estimate of drug-likeness (QED) is 0.104. The van der Waals surface area contributed by atoms with Gasteiger partial charge in [0.15, 0.2) is 0 Å². The number of rotatable bonds is 23. The van der Waals surface area contributed by atoms with Crippen molar-refractivity contribution in [2.24, 2.45) is 5.92 Å². The van der Waals surface area contributed by atoms with Gasteiger partial charge in [0.2, 0.25) is 0 Å². The van der Waals surface area contributed by atoms with E-state index in [4.69, 9.17) is 19.3 Å². The smallest absolute Gasteiger partial charge is 0.350 e. The largest absolute Gasteiger partial charge is 0.381 e. The number of fused-ring (bicyclic) bond motifs is 1. The molecule has 0 fully saturated rings. The number of benzene rings is 2. The molecule has 0 aromatic heterocycles. The Labute approximate surface area is 238 Å². The Hall–Kier alpha value is -1.23. The molecule has 0 spiro atoms. The normalized spacial score (nSPS) is 14.5. The molecule has 222 valence electrons. The summed E-state index contributed by atoms with van der Waals surface area (Å²) in [6, 6.07) is 15.2. The van der Waals surface area contributed by atoms with Gasteiger partial charge in [-0.1, -0.05) is 133 Å². The second-order valence-electron chi connectivity index (χ2n) is 11.6. The van der Waals surface area contributed by atoms with Crippen molar-refractivity contribution in [3.63, 3.8) is 0 Å². The molecule has 2 aromatic carbocycles. The first-order valence-electron chi connectivity index (χ1n) is 15.5. The predicted octanol–water partition coefficient (Wildman–Crippen LogP) is 9.60. The van der Waals surface area contributed by atoms with Crippen molar-refractivity contribution in [3.05, 3.63) is 48.0 Å². The second kappa shape index (κ2) is 19.8. The zero-order valence-electron chi connectivity index (χ0n) is 24.9. The lowest BCUT2D eigenvalue weighted by molar-refractivity contribution is 0.0661. The molecule has 6 heteroatoms. The highest BCUT2D eigenvalue weighted by molar-refractivity contribution is 7.51. The van der Waals surface area contributed by atoms with E-state index >= 15 is 0 Å². The molecule has 0 saturated carbocycles. The molecule has 2 unspecified atom stereocenters. The van der Waals surface area contributed by atoms with E-state index in [1.807, 2.05) is 6.92 Å². The van der Waals surface area contributed by atoms with Gasteiger partial charge in [-0.05, 0) is 42.0 Å². The lowest BCUT2D eigenvalue weighted by Crippen LogP contribution is -2.15. The first-order chi connectivity index (χ1) is 18.8. The van der Waals surface area contributed by atoms with Crippen LogP contribution in [0.3, 0.4) is 0 Å². The average Bonchev–Trinajstić information content (AvgIpc) is 2.91. The summed E-state index contributed by atoms with van der Waals surface area (Å²) in [5.74, 6) is 0.982. The average molecular weight is 563 g/mol. The molecule has 0 saturated heterocycles. The maximum Gasteiger partial charge on any atom is 0.350 e. The van der Waals surface area contributed by atoms with E-state index in [-0.39, 0.29) is 6.10 Å². The fourth-order valence-electron chi connectivity index (χ4n) is 5.39. The molecule has 0 aliphatic carbocycles. The molecule has 2 aromatic rings. The first kappa shape index (κ1) is 34.0. The summed E-state index contributed by atoms with van der Waals surface area (Å²) in [5, 5.41) is 2.58. The molecular formula is C33H55O5P. The van der Waals surface area contributed by atoms with Crippen molar-refractivity contribution in [1.29, 1.82) is 0 Å². The molecule has 3 atom stereocenters. The van der Waals surface area contributed by atoms with Crippen molar-refractivity contribution >= 4 is 18.4 Å². The van der Waals surface area contributed by atoms with Crippen LogP contribution in [0.15, 0.2) is 42.5 Å². The number of hydrogen-bond acceptors (Lipinski definition) is 3. The van der Waals surface area contributed by atoms with Crippen molar-refractivity contribution in [2.75, 3.05) is 19.6 Å². The van der Waals surface area contributed by atoms with Crippen LogP contribution in [0, 0.1) is 5.92 Å². The van der Waals surface area contributed by atoms with Crippen LogP contribution in [0.5, 0.6) is 0 Å². The van der Waals surface area contributed by atoms with Gasteiger partial charge in [-0.3, -0.25) is 4.57 Å². The van der Waals surface area contributed by atoms with Gasteiger partial charge in [0, 0.05) is 12.5 Å². The minimum atomic E-state index is -4.10. The van der Waals surface area contributed by atoms with Gasteiger partial charge >= 0.3 is 7.60 Å². The zero-order valence-corrected chi connectivity index (χ0v) is 25.8. The highest BCUT2D eigenvalue weighted by Gasteiger charge is 2.18. The number of unbranched alkanes of at least 4 members (excludes halogenated alkanes) is 9. The Kier molecular flexibility index (Phi) is 17.2. The third-order valence-electron chi connectivity index (χ3n) is 7.77. The zero-order chi connectivity index (χ0) is 28.3. The highest BCUT2D eigenvalue weighted by Crippen LogP contribution is 2.35. The van der Waals surface area contributed by atoms with Gasteiger partial charge in [0.1, 0.15) is 6.35 Å². The minimum Gasteiger partial charge on any atom is -0.381 e. The van der Waals surface area contributed by atoms with Gasteiger partial charge in [-0.2, -0.15) is 0 Å². The van der Waals surface area contributed by atoms with E-state index in [0.29, 0.717) is 11.8 Å². The molecule has 0 bridgehead atoms. The summed E-state index contributed by atoms with van der Waals surface area (Å²) in [6.07, 6.45) is 16.4. The van der Waals surface area contributed by atoms with Crippen LogP contribution < -0.4 is 0 Å². The first-order valence-corrected chi connectivity index (χ1v) is 17.3. The molecule has 2 N–H and O–H groups in total. The highest BCUT2D eigenvalue weighted by atomic mass is 31.2. The van der Waals surface area contributed by atoms with E-state index in [0.717, 1.165) is 26.1 Å². The summed E-state index contributed by atoms with van der Waals surface area (Å²) >= 11 is 0. The van der Waals surface area contributed by atoms with Gasteiger partial charge in [-0.25, -0.2) is 0 Å². The van der Waals surface area contributed by atoms with E-state index in [1.54, 1.807) is 0 Å². The van der Waals surface area contributed by atoms with E-state index in [9.17, 15) is 4.57 Å². The van der Waals surface area contributed by atoms with Gasteiger partial charge < -0.3 is 19.3 Å². The van der Waals surface area contributed by atoms with Crippen molar-refractivity contribution in [3.8, 4) is 0 Å². The standard InChI is InChI=1S/C33H55O5P/c1-4-5-6-9-12-17-30(24-29(3)38-27-39(34,35)36)18-13-10-7-8-11-16-23-37-26-28(2)32-22-21-31-19-14-15-20-33(31)25-32/h14-15,19-22,25,28-30H,4-13,16-18,23-24,26-27H2,1-3H3,(H2,34,35,36)/t28?,29?,30-/m1/s1. The summed E-state index contributed by atoms with van der Waals surface area (Å²) in [5.41, 5.74) is 1.34. The topological polar surface area (TPSA) is 76.0 Å². The minimum absolute atomic E-state index is 0.109. The van der Waals surface area contributed by atoms with Crippen LogP contribution in [-0.4, -0.2) is 35.5 Å². The van der Waals surface area contributed by atoms with Crippen LogP contribution in [0.25, 0.3) is 10.8 Å². The molecule has 2 rings (SSSR count). The van der Waals surface area contributed by atoms with E-state index in [2.05, 4.69) is 56.3 Å². The number of ether oxygens (including phenoxy) is 2. The Balaban J connectivity index is 1.55. The van der Waals surface area contributed by atoms with E-state index < -0.39 is 13.9 Å². The molecule has 39 heavy (non-hydrogen) atoms. The maximum absolute atomic E-state index is 11.1. The van der Waals surface area contributed by atoms with Gasteiger partial charge in [0.05, 0.1) is 12.7 Å². The maximum atomic E-state index is 11.1. The Morgan fingerprint density at radius 1 is 0.795 bits per heavy atom. The summed E-state index contributed by atoms with van der Waals surface area (Å²) in [6.45, 7) is 8.04. The van der Waals surface area contributed by atoms with Crippen LogP contribution >= 0.6 is 7.60 Å². The number of hydrogen-bond donors (Lipinski definition) is 2. The Morgan fingerprint density at radius 2 is 1.41 bits per heavy atom. The predicted molar refractivity (Wildman–Crippen MR) is 164 cm³/mol. The molecule has 0 amide bonds. The fraction of sp³-hybridized carbons (Fsp3) is 0.697. The van der Waals surface area contributed by atoms with Gasteiger partial charge in [-0.15, -0.1) is 0 Å². The fourth-order valence-corrected chi connectivity index (χ4v) is 5.84. The molecule has 0 aliphatic rings. The van der Waals surface area contributed by atoms with E-state index in [1.165, 1.54) is 93.4 Å². The monoisotopic (exact) mass is 562 g/mol. The molecular weight excluding hydrogens is 507 g/mol. The summed E-state index contributed by atoms with van der Waals surface area (Å²) in [4.78, 5) is 18.2. The molecule has 0 aliphatic heterocycles. The lowest BCUT2D eigenvalue weighted by Gasteiger charge is -2.22. The van der Waals surface area contributed by atoms with Crippen LogP contribution in [0.4, 0.5) is 0 Å². The third kappa shape index (κ3) is 16.0. The molecule has 0 heterocycles. The van der Waals surface area contributed by atoms with Crippen LogP contribution in [-0.2, 0) is 14.0 Å². The lowest BCUT2D eigenvalue weighted by atomic mass is 9.90. The van der Waals surface area contributed by atoms with Crippen LogP contribution in [0.2, 0.25) is 0 Å². The third-order valence-corrected chi connectivity index (χ3v) is 8.26. The Morgan fingerprint density at radius 3 is 2.08 bits per heavy atom. The van der Waals surface area contributed by atoms with Crippen molar-refractivity contribution < 1.29 is 23.8 Å². The SMILES string of the molecule is CCCCCCC[C@H](CCCCCCCCOCC(C)c1ccc2ccccc2c1)CC(C)OCP(=O)(O)O. The molecule has 5 nitrogen and oxygen atoms in total. The summed E-state index contributed by atoms with van der Waals surface area (Å²) < 4.78 is 22.6. The molecule has 0 radical (unpaired) electrons. The van der Waals surface area contributed by atoms with Crippen LogP contribution in [0.1, 0.15) is 122 Å². The van der Waals surface area contributed by atoms with Gasteiger partial charge in [0.25, 0.3) is 0 Å². The van der Waals surface area contributed by atoms with Crippen molar-refractivity contribution in [1.82, 2.24) is 0 Å². The Bertz CT molecular complexity index is 943.